The van der Waals surface area contributed by atoms with Crippen molar-refractivity contribution in [1.82, 2.24) is 14.6 Å². The minimum atomic E-state index is -0.206. The average molecular weight is 276 g/mol. The van der Waals surface area contributed by atoms with Crippen LogP contribution in [0.1, 0.15) is 17.1 Å². The lowest BCUT2D eigenvalue weighted by atomic mass is 10.1. The van der Waals surface area contributed by atoms with Crippen LogP contribution >= 0.6 is 11.3 Å². The van der Waals surface area contributed by atoms with Crippen LogP contribution in [0.4, 0.5) is 4.39 Å². The fourth-order valence-corrected chi connectivity index (χ4v) is 2.95. The molecule has 0 unspecified atom stereocenters. The molecular weight excluding hydrogens is 263 g/mol. The van der Waals surface area contributed by atoms with Crippen molar-refractivity contribution in [3.8, 4) is 0 Å². The number of hydrogen-bond donors (Lipinski definition) is 1. The third-order valence-electron chi connectivity index (χ3n) is 3.02. The predicted molar refractivity (Wildman–Crippen MR) is 72.6 cm³/mol. The Labute approximate surface area is 113 Å². The third kappa shape index (κ3) is 2.36. The summed E-state index contributed by atoms with van der Waals surface area (Å²) in [5, 5.41) is 10.3. The molecule has 0 atom stereocenters. The van der Waals surface area contributed by atoms with E-state index in [4.69, 9.17) is 5.73 Å². The van der Waals surface area contributed by atoms with Crippen molar-refractivity contribution in [3.05, 3.63) is 52.5 Å². The van der Waals surface area contributed by atoms with Gasteiger partial charge in [-0.25, -0.2) is 4.39 Å². The molecule has 0 spiro atoms. The van der Waals surface area contributed by atoms with Crippen LogP contribution in [-0.4, -0.2) is 14.6 Å². The van der Waals surface area contributed by atoms with Crippen LogP contribution in [0.25, 0.3) is 4.96 Å². The molecule has 0 aliphatic carbocycles. The summed E-state index contributed by atoms with van der Waals surface area (Å²) in [6.07, 6.45) is 1.45. The minimum absolute atomic E-state index is 0.206. The van der Waals surface area contributed by atoms with E-state index < -0.39 is 0 Å². The smallest absolute Gasteiger partial charge is 0.216 e. The highest BCUT2D eigenvalue weighted by atomic mass is 32.1. The number of fused-ring (bicyclic) bond motifs is 1. The Morgan fingerprint density at radius 1 is 1.26 bits per heavy atom. The van der Waals surface area contributed by atoms with Gasteiger partial charge in [-0.3, -0.25) is 4.40 Å². The molecule has 6 heteroatoms. The normalized spacial score (nSPS) is 11.3. The first-order valence-corrected chi connectivity index (χ1v) is 6.91. The second-order valence-corrected chi connectivity index (χ2v) is 5.13. The standard InChI is InChI=1S/C13H13FN4S/c14-10-3-1-2-9(6-10)4-5-12-16-17-13-18(12)11(7-15)8-19-13/h1-3,6,8H,4-5,7,15H2. The van der Waals surface area contributed by atoms with Crippen LogP contribution in [0.2, 0.25) is 0 Å². The number of aryl methyl sites for hydroxylation is 2. The zero-order chi connectivity index (χ0) is 13.2. The molecule has 3 rings (SSSR count). The fraction of sp³-hybridized carbons (Fsp3) is 0.231. The summed E-state index contributed by atoms with van der Waals surface area (Å²) >= 11 is 1.53. The molecule has 0 aliphatic rings. The predicted octanol–water partition coefficient (Wildman–Crippen LogP) is 2.17. The zero-order valence-corrected chi connectivity index (χ0v) is 11.0. The van der Waals surface area contributed by atoms with Crippen molar-refractivity contribution >= 4 is 16.3 Å². The van der Waals surface area contributed by atoms with Crippen molar-refractivity contribution in [2.24, 2.45) is 5.73 Å². The highest BCUT2D eigenvalue weighted by molar-refractivity contribution is 7.15. The molecule has 98 valence electrons. The molecule has 0 radical (unpaired) electrons. The second kappa shape index (κ2) is 5.07. The summed E-state index contributed by atoms with van der Waals surface area (Å²) in [5.41, 5.74) is 7.67. The van der Waals surface area contributed by atoms with Gasteiger partial charge in [0.2, 0.25) is 4.96 Å². The van der Waals surface area contributed by atoms with E-state index in [-0.39, 0.29) is 5.82 Å². The summed E-state index contributed by atoms with van der Waals surface area (Å²) in [4.78, 5) is 0.856. The Morgan fingerprint density at radius 2 is 2.16 bits per heavy atom. The van der Waals surface area contributed by atoms with Gasteiger partial charge in [0.1, 0.15) is 11.6 Å². The van der Waals surface area contributed by atoms with E-state index >= 15 is 0 Å². The lowest BCUT2D eigenvalue weighted by Crippen LogP contribution is -2.04. The van der Waals surface area contributed by atoms with E-state index in [9.17, 15) is 4.39 Å². The van der Waals surface area contributed by atoms with Crippen LogP contribution in [0.15, 0.2) is 29.6 Å². The zero-order valence-electron chi connectivity index (χ0n) is 10.2. The minimum Gasteiger partial charge on any atom is -0.325 e. The maximum atomic E-state index is 13.1. The molecule has 1 aromatic carbocycles. The van der Waals surface area contributed by atoms with Gasteiger partial charge in [-0.15, -0.1) is 21.5 Å². The van der Waals surface area contributed by atoms with Gasteiger partial charge < -0.3 is 5.73 Å². The highest BCUT2D eigenvalue weighted by Crippen LogP contribution is 2.17. The Bertz CT molecular complexity index is 704. The Hall–Kier alpha value is -1.79. The molecule has 2 heterocycles. The number of nitrogens with zero attached hydrogens (tertiary/aromatic N) is 3. The number of rotatable bonds is 4. The number of hydrogen-bond acceptors (Lipinski definition) is 4. The van der Waals surface area contributed by atoms with Crippen molar-refractivity contribution in [1.29, 1.82) is 0 Å². The molecular formula is C13H13FN4S. The van der Waals surface area contributed by atoms with E-state index in [1.807, 2.05) is 15.8 Å². The van der Waals surface area contributed by atoms with Crippen molar-refractivity contribution in [2.45, 2.75) is 19.4 Å². The molecule has 0 aliphatic heterocycles. The van der Waals surface area contributed by atoms with Gasteiger partial charge in [-0.2, -0.15) is 0 Å². The molecule has 19 heavy (non-hydrogen) atoms. The van der Waals surface area contributed by atoms with Crippen LogP contribution in [0, 0.1) is 5.82 Å². The summed E-state index contributed by atoms with van der Waals surface area (Å²) in [6.45, 7) is 0.463. The third-order valence-corrected chi connectivity index (χ3v) is 3.89. The molecule has 0 saturated heterocycles. The number of thiazole rings is 1. The molecule has 0 bridgehead atoms. The van der Waals surface area contributed by atoms with Crippen LogP contribution < -0.4 is 5.73 Å². The quantitative estimate of drug-likeness (QED) is 0.794. The van der Waals surface area contributed by atoms with E-state index in [1.54, 1.807) is 12.1 Å². The van der Waals surface area contributed by atoms with Crippen LogP contribution in [-0.2, 0) is 19.4 Å². The van der Waals surface area contributed by atoms with Gasteiger partial charge in [0.05, 0.1) is 5.69 Å². The van der Waals surface area contributed by atoms with E-state index in [2.05, 4.69) is 10.2 Å². The van der Waals surface area contributed by atoms with E-state index in [0.29, 0.717) is 13.0 Å². The lowest BCUT2D eigenvalue weighted by Gasteiger charge is -2.02. The van der Waals surface area contributed by atoms with Crippen LogP contribution in [0.5, 0.6) is 0 Å². The molecule has 2 N–H and O–H groups in total. The van der Waals surface area contributed by atoms with E-state index in [1.165, 1.54) is 17.4 Å². The number of nitrogens with two attached hydrogens (primary N) is 1. The molecule has 2 aromatic heterocycles. The topological polar surface area (TPSA) is 56.2 Å². The van der Waals surface area contributed by atoms with Gasteiger partial charge in [0.25, 0.3) is 0 Å². The highest BCUT2D eigenvalue weighted by Gasteiger charge is 2.10. The summed E-state index contributed by atoms with van der Waals surface area (Å²) in [6, 6.07) is 6.64. The van der Waals surface area contributed by atoms with Gasteiger partial charge >= 0.3 is 0 Å². The van der Waals surface area contributed by atoms with E-state index in [0.717, 1.165) is 28.5 Å². The van der Waals surface area contributed by atoms with Crippen LogP contribution in [0.3, 0.4) is 0 Å². The molecule has 3 aromatic rings. The first-order valence-electron chi connectivity index (χ1n) is 6.03. The molecule has 0 fully saturated rings. The van der Waals surface area contributed by atoms with Gasteiger partial charge in [-0.05, 0) is 24.1 Å². The lowest BCUT2D eigenvalue weighted by molar-refractivity contribution is 0.625. The maximum Gasteiger partial charge on any atom is 0.216 e. The fourth-order valence-electron chi connectivity index (χ4n) is 2.09. The van der Waals surface area contributed by atoms with Crippen molar-refractivity contribution in [3.63, 3.8) is 0 Å². The van der Waals surface area contributed by atoms with Gasteiger partial charge in [-0.1, -0.05) is 12.1 Å². The van der Waals surface area contributed by atoms with Gasteiger partial charge in [0.15, 0.2) is 0 Å². The number of halogens is 1. The summed E-state index contributed by atoms with van der Waals surface area (Å²) < 4.78 is 15.1. The summed E-state index contributed by atoms with van der Waals surface area (Å²) in [7, 11) is 0. The largest absolute Gasteiger partial charge is 0.325 e. The monoisotopic (exact) mass is 276 g/mol. The van der Waals surface area contributed by atoms with Crippen molar-refractivity contribution < 1.29 is 4.39 Å². The molecule has 4 nitrogen and oxygen atoms in total. The average Bonchev–Trinajstić information content (AvgIpc) is 2.98. The molecule has 0 saturated carbocycles. The van der Waals surface area contributed by atoms with Gasteiger partial charge in [0, 0.05) is 18.3 Å². The summed E-state index contributed by atoms with van der Waals surface area (Å²) in [5.74, 6) is 0.669. The maximum absolute atomic E-state index is 13.1. The Kier molecular flexibility index (Phi) is 3.27. The number of benzene rings is 1. The second-order valence-electron chi connectivity index (χ2n) is 4.30. The first kappa shape index (κ1) is 12.3. The molecule has 0 amide bonds. The first-order chi connectivity index (χ1) is 9.28. The number of aromatic nitrogens is 3. The van der Waals surface area contributed by atoms with Crippen molar-refractivity contribution in [2.75, 3.05) is 0 Å². The Balaban J connectivity index is 1.83. The SMILES string of the molecule is NCc1csc2nnc(CCc3cccc(F)c3)n12. The Morgan fingerprint density at radius 3 is 2.95 bits per heavy atom.